The zero-order chi connectivity index (χ0) is 14.5. The molecule has 4 nitrogen and oxygen atoms in total. The van der Waals surface area contributed by atoms with Crippen molar-refractivity contribution < 1.29 is 19.1 Å². The van der Waals surface area contributed by atoms with Gasteiger partial charge in [-0.25, -0.2) is 0 Å². The maximum Gasteiger partial charge on any atom is 0.308 e. The van der Waals surface area contributed by atoms with Crippen LogP contribution >= 0.6 is 0 Å². The van der Waals surface area contributed by atoms with Crippen molar-refractivity contribution in [3.8, 4) is 11.5 Å². The molecule has 0 radical (unpaired) electrons. The zero-order valence-corrected chi connectivity index (χ0v) is 12.0. The highest BCUT2D eigenvalue weighted by Crippen LogP contribution is 2.39. The number of ether oxygens (including phenoxy) is 2. The summed E-state index contributed by atoms with van der Waals surface area (Å²) in [6.45, 7) is 2.77. The lowest BCUT2D eigenvalue weighted by Crippen LogP contribution is -2.10. The summed E-state index contributed by atoms with van der Waals surface area (Å²) >= 11 is 0. The van der Waals surface area contributed by atoms with Crippen LogP contribution in [0.4, 0.5) is 0 Å². The summed E-state index contributed by atoms with van der Waals surface area (Å²) in [5.74, 6) is 0.782. The van der Waals surface area contributed by atoms with Crippen LogP contribution in [0.3, 0.4) is 0 Å². The molecule has 1 aromatic carbocycles. The minimum absolute atomic E-state index is 0.331. The van der Waals surface area contributed by atoms with E-state index in [9.17, 15) is 9.59 Å². The van der Waals surface area contributed by atoms with Crippen molar-refractivity contribution in [1.29, 1.82) is 0 Å². The van der Waals surface area contributed by atoms with Gasteiger partial charge in [0.15, 0.2) is 0 Å². The lowest BCUT2D eigenvalue weighted by Gasteiger charge is -2.24. The number of carbonyl (C=O) groups is 2. The molecule has 1 aliphatic rings. The van der Waals surface area contributed by atoms with Crippen LogP contribution in [0.1, 0.15) is 57.4 Å². The molecule has 0 heterocycles. The van der Waals surface area contributed by atoms with E-state index in [0.717, 1.165) is 18.4 Å². The molecule has 4 heteroatoms. The molecule has 0 unspecified atom stereocenters. The van der Waals surface area contributed by atoms with Crippen molar-refractivity contribution in [2.45, 2.75) is 51.9 Å². The van der Waals surface area contributed by atoms with Gasteiger partial charge in [0.25, 0.3) is 0 Å². The topological polar surface area (TPSA) is 52.6 Å². The first-order chi connectivity index (χ1) is 9.56. The van der Waals surface area contributed by atoms with Gasteiger partial charge >= 0.3 is 11.9 Å². The molecule has 0 N–H and O–H groups in total. The van der Waals surface area contributed by atoms with Crippen molar-refractivity contribution >= 4 is 11.9 Å². The monoisotopic (exact) mass is 276 g/mol. The van der Waals surface area contributed by atoms with Crippen LogP contribution in [0.15, 0.2) is 18.2 Å². The van der Waals surface area contributed by atoms with E-state index in [2.05, 4.69) is 0 Å². The summed E-state index contributed by atoms with van der Waals surface area (Å²) in [5.41, 5.74) is 0.971. The van der Waals surface area contributed by atoms with E-state index >= 15 is 0 Å². The first-order valence-electron chi connectivity index (χ1n) is 7.07. The van der Waals surface area contributed by atoms with Crippen molar-refractivity contribution in [2.75, 3.05) is 0 Å². The number of hydrogen-bond donors (Lipinski definition) is 0. The molecule has 1 saturated carbocycles. The van der Waals surface area contributed by atoms with Gasteiger partial charge in [-0.3, -0.25) is 9.59 Å². The Hall–Kier alpha value is -1.84. The minimum Gasteiger partial charge on any atom is -0.427 e. The highest BCUT2D eigenvalue weighted by atomic mass is 16.5. The molecule has 20 heavy (non-hydrogen) atoms. The van der Waals surface area contributed by atoms with Crippen molar-refractivity contribution in [1.82, 2.24) is 0 Å². The maximum atomic E-state index is 11.2. The molecule has 1 fully saturated rings. The molecule has 0 spiro atoms. The third-order valence-electron chi connectivity index (χ3n) is 3.54. The fourth-order valence-electron chi connectivity index (χ4n) is 2.74. The summed E-state index contributed by atoms with van der Waals surface area (Å²) in [7, 11) is 0. The summed E-state index contributed by atoms with van der Waals surface area (Å²) in [6.07, 6.45) is 5.78. The number of hydrogen-bond acceptors (Lipinski definition) is 4. The van der Waals surface area contributed by atoms with E-state index in [4.69, 9.17) is 9.47 Å². The first kappa shape index (κ1) is 14.6. The number of carbonyl (C=O) groups excluding carboxylic acids is 2. The Labute approximate surface area is 119 Å². The van der Waals surface area contributed by atoms with Crippen molar-refractivity contribution in [2.24, 2.45) is 0 Å². The van der Waals surface area contributed by atoms with E-state index < -0.39 is 0 Å². The summed E-state index contributed by atoms with van der Waals surface area (Å²) in [6, 6.07) is 5.20. The molecule has 1 aliphatic carbocycles. The second-order valence-electron chi connectivity index (χ2n) is 5.22. The molecule has 2 rings (SSSR count). The minimum atomic E-state index is -0.347. The predicted molar refractivity (Wildman–Crippen MR) is 74.9 cm³/mol. The third-order valence-corrected chi connectivity index (χ3v) is 3.54. The van der Waals surface area contributed by atoms with E-state index in [1.165, 1.54) is 33.1 Å². The Bertz CT molecular complexity index is 501. The van der Waals surface area contributed by atoms with Gasteiger partial charge in [0.2, 0.25) is 0 Å². The Morgan fingerprint density at radius 2 is 1.65 bits per heavy atom. The molecular formula is C16H20O4. The summed E-state index contributed by atoms with van der Waals surface area (Å²) in [5, 5.41) is 0. The van der Waals surface area contributed by atoms with Gasteiger partial charge in [0.1, 0.15) is 11.5 Å². The van der Waals surface area contributed by atoms with Crippen LogP contribution in [0.2, 0.25) is 0 Å². The molecule has 0 bridgehead atoms. The SMILES string of the molecule is CC(=O)Oc1ccc(OC(C)=O)c(C2CCCCC2)c1. The van der Waals surface area contributed by atoms with Gasteiger partial charge in [-0.2, -0.15) is 0 Å². The van der Waals surface area contributed by atoms with Gasteiger partial charge in [0, 0.05) is 19.4 Å². The van der Waals surface area contributed by atoms with Crippen molar-refractivity contribution in [3.63, 3.8) is 0 Å². The van der Waals surface area contributed by atoms with Crippen molar-refractivity contribution in [3.05, 3.63) is 23.8 Å². The van der Waals surface area contributed by atoms with E-state index in [1.807, 2.05) is 6.07 Å². The number of esters is 2. The summed E-state index contributed by atoms with van der Waals surface area (Å²) < 4.78 is 10.4. The number of benzene rings is 1. The van der Waals surface area contributed by atoms with E-state index in [0.29, 0.717) is 17.4 Å². The van der Waals surface area contributed by atoms with E-state index in [1.54, 1.807) is 12.1 Å². The Morgan fingerprint density at radius 1 is 1.00 bits per heavy atom. The second kappa shape index (κ2) is 6.55. The van der Waals surface area contributed by atoms with Gasteiger partial charge in [-0.05, 0) is 37.0 Å². The van der Waals surface area contributed by atoms with E-state index in [-0.39, 0.29) is 11.9 Å². The van der Waals surface area contributed by atoms with Crippen LogP contribution in [0.25, 0.3) is 0 Å². The van der Waals surface area contributed by atoms with Crippen LogP contribution in [-0.2, 0) is 9.59 Å². The average Bonchev–Trinajstić information content (AvgIpc) is 2.40. The van der Waals surface area contributed by atoms with Crippen LogP contribution in [0.5, 0.6) is 11.5 Å². The smallest absolute Gasteiger partial charge is 0.308 e. The quantitative estimate of drug-likeness (QED) is 0.625. The average molecular weight is 276 g/mol. The van der Waals surface area contributed by atoms with Crippen LogP contribution in [-0.4, -0.2) is 11.9 Å². The highest BCUT2D eigenvalue weighted by Gasteiger charge is 2.21. The van der Waals surface area contributed by atoms with Gasteiger partial charge in [0.05, 0.1) is 0 Å². The molecule has 0 atom stereocenters. The molecular weight excluding hydrogens is 256 g/mol. The lowest BCUT2D eigenvalue weighted by atomic mass is 9.83. The van der Waals surface area contributed by atoms with Crippen LogP contribution < -0.4 is 9.47 Å². The zero-order valence-electron chi connectivity index (χ0n) is 12.0. The number of rotatable bonds is 3. The highest BCUT2D eigenvalue weighted by molar-refractivity contribution is 5.71. The lowest BCUT2D eigenvalue weighted by molar-refractivity contribution is -0.133. The fourth-order valence-corrected chi connectivity index (χ4v) is 2.74. The Kier molecular flexibility index (Phi) is 4.77. The standard InChI is InChI=1S/C16H20O4/c1-11(17)19-14-8-9-16(20-12(2)18)15(10-14)13-6-4-3-5-7-13/h8-10,13H,3-7H2,1-2H3. The Morgan fingerprint density at radius 3 is 2.25 bits per heavy atom. The second-order valence-corrected chi connectivity index (χ2v) is 5.22. The molecule has 0 aliphatic heterocycles. The van der Waals surface area contributed by atoms with Gasteiger partial charge in [-0.1, -0.05) is 19.3 Å². The maximum absolute atomic E-state index is 11.2. The molecule has 0 saturated heterocycles. The normalized spacial score (nSPS) is 15.7. The van der Waals surface area contributed by atoms with Gasteiger partial charge < -0.3 is 9.47 Å². The van der Waals surface area contributed by atoms with Crippen LogP contribution in [0, 0.1) is 0 Å². The fraction of sp³-hybridized carbons (Fsp3) is 0.500. The summed E-state index contributed by atoms with van der Waals surface area (Å²) in [4.78, 5) is 22.3. The molecule has 1 aromatic rings. The molecule has 108 valence electrons. The first-order valence-corrected chi connectivity index (χ1v) is 7.07. The third kappa shape index (κ3) is 3.83. The molecule has 0 aromatic heterocycles. The Balaban J connectivity index is 2.30. The van der Waals surface area contributed by atoms with Gasteiger partial charge in [-0.15, -0.1) is 0 Å². The largest absolute Gasteiger partial charge is 0.427 e. The predicted octanol–water partition coefficient (Wildman–Crippen LogP) is 3.58. The molecule has 0 amide bonds.